The van der Waals surface area contributed by atoms with Gasteiger partial charge in [-0.05, 0) is 97.7 Å². The molecule has 0 saturated heterocycles. The van der Waals surface area contributed by atoms with Gasteiger partial charge in [0.05, 0.1) is 7.11 Å². The van der Waals surface area contributed by atoms with Gasteiger partial charge in [0.1, 0.15) is 19.4 Å². The maximum atomic E-state index is 11.9. The highest BCUT2D eigenvalue weighted by Gasteiger charge is 2.61. The lowest BCUT2D eigenvalue weighted by molar-refractivity contribution is -0.0647. The van der Waals surface area contributed by atoms with Crippen LogP contribution in [0.1, 0.15) is 76.8 Å². The Labute approximate surface area is 184 Å². The Morgan fingerprint density at radius 3 is 2.50 bits per heavy atom. The molecular formula is C27H40O2Si. The highest BCUT2D eigenvalue weighted by atomic mass is 28.3. The average Bonchev–Trinajstić information content (AvgIpc) is 3.05. The lowest BCUT2D eigenvalue weighted by Gasteiger charge is -2.52. The molecule has 1 N–H and O–H groups in total. The fraction of sp³-hybridized carbons (Fsp3) is 0.704. The van der Waals surface area contributed by atoms with Crippen molar-refractivity contribution in [2.24, 2.45) is 17.3 Å². The number of aryl methyl sites for hydroxylation is 1. The summed E-state index contributed by atoms with van der Waals surface area (Å²) in [5, 5.41) is 11.9. The molecule has 0 spiro atoms. The molecule has 3 aliphatic carbocycles. The minimum atomic E-state index is -1.55. The van der Waals surface area contributed by atoms with Crippen LogP contribution >= 0.6 is 0 Å². The molecule has 1 aromatic rings. The minimum absolute atomic E-state index is 0.0551. The Morgan fingerprint density at radius 1 is 1.10 bits per heavy atom. The summed E-state index contributed by atoms with van der Waals surface area (Å²) in [4.78, 5) is 0. The van der Waals surface area contributed by atoms with Gasteiger partial charge in [-0.2, -0.15) is 0 Å². The number of hydrogen-bond acceptors (Lipinski definition) is 2. The molecule has 3 aliphatic rings. The number of aliphatic hydroxyl groups is 1. The van der Waals surface area contributed by atoms with Crippen molar-refractivity contribution in [2.75, 3.05) is 7.11 Å². The van der Waals surface area contributed by atoms with Crippen LogP contribution in [-0.2, 0) is 6.42 Å². The minimum Gasteiger partial charge on any atom is -0.497 e. The predicted octanol–water partition coefficient (Wildman–Crippen LogP) is 6.33. The molecule has 30 heavy (non-hydrogen) atoms. The lowest BCUT2D eigenvalue weighted by atomic mass is 9.53. The van der Waals surface area contributed by atoms with E-state index in [9.17, 15) is 5.11 Å². The second kappa shape index (κ2) is 8.03. The molecule has 3 heteroatoms. The maximum Gasteiger partial charge on any atom is 0.137 e. The molecule has 4 rings (SSSR count). The highest BCUT2D eigenvalue weighted by molar-refractivity contribution is 6.87. The fourth-order valence-corrected chi connectivity index (χ4v) is 9.66. The lowest BCUT2D eigenvalue weighted by Crippen LogP contribution is -2.50. The molecule has 0 unspecified atom stereocenters. The summed E-state index contributed by atoms with van der Waals surface area (Å²) in [5.41, 5.74) is 5.93. The quantitative estimate of drug-likeness (QED) is 0.452. The van der Waals surface area contributed by atoms with Crippen LogP contribution in [0.3, 0.4) is 0 Å². The van der Waals surface area contributed by atoms with Crippen LogP contribution in [0.2, 0.25) is 18.1 Å². The molecule has 2 nitrogen and oxygen atoms in total. The van der Waals surface area contributed by atoms with Gasteiger partial charge in [0.25, 0.3) is 0 Å². The second-order valence-electron chi connectivity index (χ2n) is 10.4. The first-order chi connectivity index (χ1) is 14.3. The van der Waals surface area contributed by atoms with Crippen LogP contribution in [0.5, 0.6) is 5.75 Å². The van der Waals surface area contributed by atoms with Crippen molar-refractivity contribution < 1.29 is 9.84 Å². The summed E-state index contributed by atoms with van der Waals surface area (Å²) in [6.45, 7) is 9.27. The van der Waals surface area contributed by atoms with Gasteiger partial charge < -0.3 is 9.84 Å². The van der Waals surface area contributed by atoms with Crippen molar-refractivity contribution >= 4 is 8.07 Å². The first-order valence-electron chi connectivity index (χ1n) is 12.3. The molecule has 5 atom stereocenters. The number of benzene rings is 1. The van der Waals surface area contributed by atoms with Gasteiger partial charge in [0.15, 0.2) is 0 Å². The third-order valence-electron chi connectivity index (χ3n) is 9.65. The fourth-order valence-electron chi connectivity index (χ4n) is 7.16. The van der Waals surface area contributed by atoms with E-state index in [1.165, 1.54) is 36.5 Å². The van der Waals surface area contributed by atoms with E-state index in [1.54, 1.807) is 12.7 Å². The van der Waals surface area contributed by atoms with Crippen molar-refractivity contribution in [3.05, 3.63) is 29.3 Å². The zero-order chi connectivity index (χ0) is 21.6. The van der Waals surface area contributed by atoms with Gasteiger partial charge in [-0.25, -0.2) is 0 Å². The van der Waals surface area contributed by atoms with Crippen LogP contribution in [0, 0.1) is 28.7 Å². The van der Waals surface area contributed by atoms with Gasteiger partial charge in [-0.1, -0.05) is 39.7 Å². The van der Waals surface area contributed by atoms with E-state index in [4.69, 9.17) is 4.74 Å². The van der Waals surface area contributed by atoms with Gasteiger partial charge in [-0.15, -0.1) is 5.54 Å². The van der Waals surface area contributed by atoms with Crippen molar-refractivity contribution in [2.45, 2.75) is 95.9 Å². The van der Waals surface area contributed by atoms with Crippen LogP contribution in [0.4, 0.5) is 0 Å². The average molecular weight is 425 g/mol. The zero-order valence-corrected chi connectivity index (χ0v) is 20.7. The van der Waals surface area contributed by atoms with Crippen molar-refractivity contribution in [1.82, 2.24) is 0 Å². The van der Waals surface area contributed by atoms with Crippen molar-refractivity contribution in [3.8, 4) is 17.2 Å². The maximum absolute atomic E-state index is 11.9. The first-order valence-corrected chi connectivity index (χ1v) is 14.9. The molecule has 0 bridgehead atoms. The molecule has 0 aromatic heterocycles. The molecule has 0 amide bonds. The number of rotatable bonds is 4. The summed E-state index contributed by atoms with van der Waals surface area (Å²) >= 11 is 0. The smallest absolute Gasteiger partial charge is 0.137 e. The van der Waals surface area contributed by atoms with Gasteiger partial charge in [-0.3, -0.25) is 0 Å². The van der Waals surface area contributed by atoms with E-state index >= 15 is 0 Å². The van der Waals surface area contributed by atoms with E-state index in [0.717, 1.165) is 31.4 Å². The third kappa shape index (κ3) is 3.26. The van der Waals surface area contributed by atoms with Gasteiger partial charge in [0, 0.05) is 5.41 Å². The summed E-state index contributed by atoms with van der Waals surface area (Å²) < 4.78 is 5.47. The molecule has 0 radical (unpaired) electrons. The highest BCUT2D eigenvalue weighted by Crippen LogP contribution is 2.64. The third-order valence-corrected chi connectivity index (χ3v) is 14.4. The summed E-state index contributed by atoms with van der Waals surface area (Å²) in [6.07, 6.45) is 6.65. The first kappa shape index (κ1) is 22.0. The molecule has 2 fully saturated rings. The summed E-state index contributed by atoms with van der Waals surface area (Å²) in [7, 11) is 0.211. The van der Waals surface area contributed by atoms with E-state index in [-0.39, 0.29) is 5.41 Å². The Hall–Kier alpha value is -1.24. The van der Waals surface area contributed by atoms with E-state index < -0.39 is 13.7 Å². The largest absolute Gasteiger partial charge is 0.497 e. The number of methoxy groups -OCH3 is 1. The van der Waals surface area contributed by atoms with Crippen LogP contribution in [0.25, 0.3) is 0 Å². The van der Waals surface area contributed by atoms with Crippen LogP contribution in [-0.4, -0.2) is 25.9 Å². The zero-order valence-electron chi connectivity index (χ0n) is 19.7. The Bertz CT molecular complexity index is 840. The number of fused-ring (bicyclic) bond motifs is 5. The molecule has 0 aliphatic heterocycles. The van der Waals surface area contributed by atoms with E-state index in [0.29, 0.717) is 17.8 Å². The second-order valence-corrected chi connectivity index (χ2v) is 15.4. The number of ether oxygens (including phenoxy) is 1. The summed E-state index contributed by atoms with van der Waals surface area (Å²) in [6, 6.07) is 10.3. The van der Waals surface area contributed by atoms with Gasteiger partial charge >= 0.3 is 0 Å². The number of hydrogen-bond donors (Lipinski definition) is 1. The van der Waals surface area contributed by atoms with Crippen LogP contribution in [0.15, 0.2) is 18.2 Å². The van der Waals surface area contributed by atoms with Crippen molar-refractivity contribution in [1.29, 1.82) is 0 Å². The standard InChI is InChI=1S/C27H40O2Si/c1-6-30(7-2,8-3)18-17-27(28)16-14-25-24-11-9-20-19-21(29-5)10-12-22(20)23(24)13-15-26(25,27)4/h10,12,19,23-25,28H,6-9,11,13-16H2,1-5H3/t23-,24-,25+,26+,27-/m1/s1. The predicted molar refractivity (Wildman–Crippen MR) is 128 cm³/mol. The Kier molecular flexibility index (Phi) is 5.88. The monoisotopic (exact) mass is 424 g/mol. The Morgan fingerprint density at radius 2 is 1.83 bits per heavy atom. The van der Waals surface area contributed by atoms with Crippen LogP contribution < -0.4 is 4.74 Å². The SMILES string of the molecule is CC[Si](C#C[C@]1(O)CC[C@H]2[C@@H]3CCc4cc(OC)ccc4[C@H]3CC[C@@]21C)(CC)CC. The molecule has 0 heterocycles. The molecule has 1 aromatic carbocycles. The molecular weight excluding hydrogens is 384 g/mol. The molecule has 2 saturated carbocycles. The normalized spacial score (nSPS) is 34.9. The van der Waals surface area contributed by atoms with Gasteiger partial charge in [0.2, 0.25) is 0 Å². The van der Waals surface area contributed by atoms with E-state index in [1.807, 2.05) is 0 Å². The van der Waals surface area contributed by atoms with E-state index in [2.05, 4.69) is 57.4 Å². The van der Waals surface area contributed by atoms with Crippen molar-refractivity contribution in [3.63, 3.8) is 0 Å². The summed E-state index contributed by atoms with van der Waals surface area (Å²) in [5.74, 6) is 6.47. The molecule has 164 valence electrons. The Balaban J connectivity index is 1.63. The topological polar surface area (TPSA) is 29.5 Å².